The summed E-state index contributed by atoms with van der Waals surface area (Å²) in [5, 5.41) is 1.16. The van der Waals surface area contributed by atoms with Crippen molar-refractivity contribution < 1.29 is 4.74 Å². The zero-order valence-electron chi connectivity index (χ0n) is 14.9. The average molecular weight is 339 g/mol. The summed E-state index contributed by atoms with van der Waals surface area (Å²) in [5.74, 6) is 0.887. The lowest BCUT2D eigenvalue weighted by molar-refractivity contribution is 0.414. The van der Waals surface area contributed by atoms with Gasteiger partial charge in [0.2, 0.25) is 0 Å². The molecule has 0 aliphatic carbocycles. The van der Waals surface area contributed by atoms with Crippen LogP contribution in [-0.2, 0) is 12.8 Å². The molecule has 0 saturated heterocycles. The van der Waals surface area contributed by atoms with Crippen LogP contribution in [0.2, 0.25) is 0 Å². The van der Waals surface area contributed by atoms with E-state index in [0.717, 1.165) is 35.2 Å². The Hall–Kier alpha value is -3.13. The van der Waals surface area contributed by atoms with Gasteiger partial charge in [0, 0.05) is 10.9 Å². The highest BCUT2D eigenvalue weighted by Crippen LogP contribution is 2.28. The smallest absolute Gasteiger partial charge is 0.119 e. The summed E-state index contributed by atoms with van der Waals surface area (Å²) in [4.78, 5) is 4.88. The summed E-state index contributed by atoms with van der Waals surface area (Å²) < 4.78 is 5.45. The van der Waals surface area contributed by atoms with E-state index in [2.05, 4.69) is 66.7 Å². The number of nitrogens with zero attached hydrogens (tertiary/aromatic N) is 1. The van der Waals surface area contributed by atoms with E-state index in [9.17, 15) is 0 Å². The number of methoxy groups -OCH3 is 1. The van der Waals surface area contributed by atoms with Gasteiger partial charge in [-0.15, -0.1) is 0 Å². The minimum atomic E-state index is 0.887. The lowest BCUT2D eigenvalue weighted by Crippen LogP contribution is -1.97. The number of aromatic nitrogens is 1. The van der Waals surface area contributed by atoms with Crippen LogP contribution < -0.4 is 4.74 Å². The van der Waals surface area contributed by atoms with E-state index in [-0.39, 0.29) is 0 Å². The van der Waals surface area contributed by atoms with E-state index in [0.29, 0.717) is 0 Å². The third kappa shape index (κ3) is 3.45. The molecule has 1 aromatic heterocycles. The van der Waals surface area contributed by atoms with E-state index in [1.165, 1.54) is 16.7 Å². The fourth-order valence-electron chi connectivity index (χ4n) is 3.29. The zero-order valence-corrected chi connectivity index (χ0v) is 14.9. The summed E-state index contributed by atoms with van der Waals surface area (Å²) in [6.45, 7) is 0. The van der Waals surface area contributed by atoms with Crippen LogP contribution in [0.25, 0.3) is 22.2 Å². The van der Waals surface area contributed by atoms with Gasteiger partial charge in [-0.2, -0.15) is 0 Å². The highest BCUT2D eigenvalue weighted by molar-refractivity contribution is 5.82. The molecule has 4 aromatic rings. The first-order valence-corrected chi connectivity index (χ1v) is 8.90. The number of hydrogen-bond acceptors (Lipinski definition) is 2. The van der Waals surface area contributed by atoms with Crippen LogP contribution in [0.4, 0.5) is 0 Å². The Labute approximate surface area is 154 Å². The standard InChI is InChI=1S/C24H21NO/c1-26-21-14-15-22(20(17-21)12-11-18-7-3-2-4-8-18)24-16-13-19-9-5-6-10-23(19)25-24/h2-10,13-17H,11-12H2,1H3. The summed E-state index contributed by atoms with van der Waals surface area (Å²) in [6, 6.07) is 29.3. The van der Waals surface area contributed by atoms with Gasteiger partial charge < -0.3 is 4.74 Å². The highest BCUT2D eigenvalue weighted by Gasteiger charge is 2.09. The maximum Gasteiger partial charge on any atom is 0.119 e. The van der Waals surface area contributed by atoms with Gasteiger partial charge >= 0.3 is 0 Å². The molecule has 2 nitrogen and oxygen atoms in total. The molecule has 0 fully saturated rings. The third-order valence-electron chi connectivity index (χ3n) is 4.71. The summed E-state index contributed by atoms with van der Waals surface area (Å²) >= 11 is 0. The van der Waals surface area contributed by atoms with Crippen molar-refractivity contribution in [3.05, 3.63) is 96.1 Å². The molecule has 0 bridgehead atoms. The molecule has 0 atom stereocenters. The molecule has 26 heavy (non-hydrogen) atoms. The lowest BCUT2D eigenvalue weighted by atomic mass is 9.97. The van der Waals surface area contributed by atoms with Crippen molar-refractivity contribution in [3.8, 4) is 17.0 Å². The van der Waals surface area contributed by atoms with Crippen molar-refractivity contribution in [1.29, 1.82) is 0 Å². The minimum Gasteiger partial charge on any atom is -0.497 e. The summed E-state index contributed by atoms with van der Waals surface area (Å²) in [7, 11) is 1.71. The van der Waals surface area contributed by atoms with Crippen molar-refractivity contribution >= 4 is 10.9 Å². The van der Waals surface area contributed by atoms with E-state index in [1.807, 2.05) is 18.2 Å². The number of benzene rings is 3. The molecule has 4 rings (SSSR count). The molecule has 0 amide bonds. The summed E-state index contributed by atoms with van der Waals surface area (Å²) in [5.41, 5.74) is 5.81. The van der Waals surface area contributed by atoms with E-state index in [4.69, 9.17) is 9.72 Å². The molecular weight excluding hydrogens is 318 g/mol. The molecule has 0 N–H and O–H groups in total. The van der Waals surface area contributed by atoms with Crippen molar-refractivity contribution in [2.45, 2.75) is 12.8 Å². The Morgan fingerprint density at radius 3 is 2.42 bits per heavy atom. The first-order chi connectivity index (χ1) is 12.8. The Balaban J connectivity index is 1.71. The number of para-hydroxylation sites is 1. The van der Waals surface area contributed by atoms with E-state index in [1.54, 1.807) is 7.11 Å². The molecule has 1 heterocycles. The van der Waals surface area contributed by atoms with Gasteiger partial charge in [0.1, 0.15) is 5.75 Å². The first kappa shape index (κ1) is 16.3. The van der Waals surface area contributed by atoms with Gasteiger partial charge in [-0.3, -0.25) is 0 Å². The number of pyridine rings is 1. The second-order valence-corrected chi connectivity index (χ2v) is 6.40. The van der Waals surface area contributed by atoms with Crippen molar-refractivity contribution in [3.63, 3.8) is 0 Å². The topological polar surface area (TPSA) is 22.1 Å². The third-order valence-corrected chi connectivity index (χ3v) is 4.71. The number of rotatable bonds is 5. The van der Waals surface area contributed by atoms with E-state index < -0.39 is 0 Å². The molecule has 0 saturated carbocycles. The molecule has 3 aromatic carbocycles. The SMILES string of the molecule is COc1ccc(-c2ccc3ccccc3n2)c(CCc2ccccc2)c1. The predicted molar refractivity (Wildman–Crippen MR) is 108 cm³/mol. The molecular formula is C24H21NO. The van der Waals surface area contributed by atoms with Gasteiger partial charge in [0.15, 0.2) is 0 Å². The first-order valence-electron chi connectivity index (χ1n) is 8.90. The summed E-state index contributed by atoms with van der Waals surface area (Å²) in [6.07, 6.45) is 1.94. The largest absolute Gasteiger partial charge is 0.497 e. The fourth-order valence-corrected chi connectivity index (χ4v) is 3.29. The Kier molecular flexibility index (Phi) is 4.65. The predicted octanol–water partition coefficient (Wildman–Crippen LogP) is 5.70. The number of fused-ring (bicyclic) bond motifs is 1. The fraction of sp³-hybridized carbons (Fsp3) is 0.125. The molecule has 2 heteroatoms. The normalized spacial score (nSPS) is 10.8. The van der Waals surface area contributed by atoms with Crippen molar-refractivity contribution in [1.82, 2.24) is 4.98 Å². The molecule has 0 aliphatic rings. The van der Waals surface area contributed by atoms with Gasteiger partial charge in [-0.1, -0.05) is 54.6 Å². The van der Waals surface area contributed by atoms with Crippen LogP contribution in [0.1, 0.15) is 11.1 Å². The quantitative estimate of drug-likeness (QED) is 0.465. The maximum atomic E-state index is 5.45. The molecule has 0 aliphatic heterocycles. The number of ether oxygens (including phenoxy) is 1. The van der Waals surface area contributed by atoms with Crippen molar-refractivity contribution in [2.24, 2.45) is 0 Å². The van der Waals surface area contributed by atoms with Gasteiger partial charge in [0.25, 0.3) is 0 Å². The van der Waals surface area contributed by atoms with Crippen LogP contribution in [-0.4, -0.2) is 12.1 Å². The molecule has 0 spiro atoms. The average Bonchev–Trinajstić information content (AvgIpc) is 2.72. The second kappa shape index (κ2) is 7.40. The maximum absolute atomic E-state index is 5.45. The van der Waals surface area contributed by atoms with Crippen molar-refractivity contribution in [2.75, 3.05) is 7.11 Å². The van der Waals surface area contributed by atoms with Gasteiger partial charge in [-0.05, 0) is 54.3 Å². The van der Waals surface area contributed by atoms with Crippen LogP contribution in [0, 0.1) is 0 Å². The Bertz CT molecular complexity index is 1020. The van der Waals surface area contributed by atoms with Gasteiger partial charge in [0.05, 0.1) is 18.3 Å². The van der Waals surface area contributed by atoms with E-state index >= 15 is 0 Å². The Morgan fingerprint density at radius 1 is 0.769 bits per heavy atom. The molecule has 0 unspecified atom stereocenters. The van der Waals surface area contributed by atoms with Crippen LogP contribution in [0.3, 0.4) is 0 Å². The number of hydrogen-bond donors (Lipinski definition) is 0. The minimum absolute atomic E-state index is 0.887. The molecule has 0 radical (unpaired) electrons. The monoisotopic (exact) mass is 339 g/mol. The second-order valence-electron chi connectivity index (χ2n) is 6.40. The van der Waals surface area contributed by atoms with Crippen LogP contribution in [0.15, 0.2) is 84.9 Å². The number of aryl methyl sites for hydroxylation is 2. The zero-order chi connectivity index (χ0) is 17.8. The lowest BCUT2D eigenvalue weighted by Gasteiger charge is -2.12. The van der Waals surface area contributed by atoms with Gasteiger partial charge in [-0.25, -0.2) is 4.98 Å². The Morgan fingerprint density at radius 2 is 1.58 bits per heavy atom. The molecule has 128 valence electrons. The highest BCUT2D eigenvalue weighted by atomic mass is 16.5. The van der Waals surface area contributed by atoms with Crippen LogP contribution in [0.5, 0.6) is 5.75 Å². The van der Waals surface area contributed by atoms with Crippen LogP contribution >= 0.6 is 0 Å².